The molecule has 6 heavy (non-hydrogen) atoms. The van der Waals surface area contributed by atoms with E-state index in [0.29, 0.717) is 0 Å². The Balaban J connectivity index is 5.37. The van der Waals surface area contributed by atoms with Gasteiger partial charge in [0.05, 0.1) is 0 Å². The Morgan fingerprint density at radius 1 is 1.00 bits per heavy atom. The molecule has 0 fully saturated rings. The third-order valence-electron chi connectivity index (χ3n) is 0. The number of halogens is 2. The molecule has 0 unspecified atom stereocenters. The molecule has 0 bridgehead atoms. The van der Waals surface area contributed by atoms with Crippen LogP contribution in [0.25, 0.3) is 0 Å². The van der Waals surface area contributed by atoms with Crippen LogP contribution < -0.4 is 0 Å². The van der Waals surface area contributed by atoms with Gasteiger partial charge in [0, 0.05) is 0 Å². The molecule has 0 saturated heterocycles. The van der Waals surface area contributed by atoms with E-state index in [9.17, 15) is 7.05 Å². The van der Waals surface area contributed by atoms with E-state index in [-0.39, 0.29) is 0 Å². The van der Waals surface area contributed by atoms with Gasteiger partial charge in [-0.05, 0) is 0 Å². The summed E-state index contributed by atoms with van der Waals surface area (Å²) < 4.78 is 45.6. The second-order valence-electron chi connectivity index (χ2n) is 0.640. The van der Waals surface area contributed by atoms with Gasteiger partial charge in [-0.2, -0.15) is 0 Å². The second-order valence-corrected chi connectivity index (χ2v) is 2.64. The summed E-state index contributed by atoms with van der Waals surface area (Å²) in [6.45, 7) is 0. The van der Waals surface area contributed by atoms with Crippen molar-refractivity contribution in [3.05, 3.63) is 0 Å². The van der Waals surface area contributed by atoms with Gasteiger partial charge in [0.2, 0.25) is 0 Å². The van der Waals surface area contributed by atoms with Crippen LogP contribution in [0, 0.1) is 0 Å². The predicted octanol–water partition coefficient (Wildman–Crippen LogP) is 0.482. The summed E-state index contributed by atoms with van der Waals surface area (Å²) >= 11 is -8.12. The molecular weight excluding hydrogens is 138 g/mol. The van der Waals surface area contributed by atoms with E-state index >= 15 is 0 Å². The molecular formula is CrF2O3. The van der Waals surface area contributed by atoms with Gasteiger partial charge in [0.25, 0.3) is 0 Å². The number of rotatable bonds is 0. The molecule has 0 amide bonds. The molecule has 0 radical (unpaired) electrons. The van der Waals surface area contributed by atoms with Gasteiger partial charge in [-0.15, -0.1) is 0 Å². The Hall–Kier alpha value is -0.208. The average molecular weight is 138 g/mol. The molecule has 0 N–H and O–H groups in total. The molecule has 3 nitrogen and oxygen atoms in total. The molecule has 0 aromatic rings. The van der Waals surface area contributed by atoms with Gasteiger partial charge in [-0.25, -0.2) is 0 Å². The van der Waals surface area contributed by atoms with Gasteiger partial charge in [0.15, 0.2) is 0 Å². The van der Waals surface area contributed by atoms with E-state index in [1.54, 1.807) is 0 Å². The van der Waals surface area contributed by atoms with Crippen molar-refractivity contribution < 1.29 is 31.2 Å². The molecule has 0 spiro atoms. The van der Waals surface area contributed by atoms with Crippen LogP contribution in [0.1, 0.15) is 0 Å². The van der Waals surface area contributed by atoms with Crippen molar-refractivity contribution >= 4 is 0 Å². The van der Waals surface area contributed by atoms with E-state index in [1.807, 2.05) is 0 Å². The molecule has 0 aliphatic carbocycles. The quantitative estimate of drug-likeness (QED) is 0.489. The van der Waals surface area contributed by atoms with Crippen molar-refractivity contribution in [3.63, 3.8) is 0 Å². The van der Waals surface area contributed by atoms with Gasteiger partial charge in [0.1, 0.15) is 0 Å². The Bertz CT molecular complexity index is 187. The molecule has 0 rings (SSSR count). The molecule has 0 saturated carbocycles. The van der Waals surface area contributed by atoms with Crippen LogP contribution in [0.5, 0.6) is 0 Å². The van der Waals surface area contributed by atoms with Crippen LogP contribution >= 0.6 is 0 Å². The van der Waals surface area contributed by atoms with Crippen molar-refractivity contribution in [2.45, 2.75) is 0 Å². The van der Waals surface area contributed by atoms with E-state index < -0.39 is 12.7 Å². The van der Waals surface area contributed by atoms with Crippen molar-refractivity contribution in [1.29, 1.82) is 0 Å². The third kappa shape index (κ3) is 687. The summed E-state index contributed by atoms with van der Waals surface area (Å²) in [5.41, 5.74) is 0. The van der Waals surface area contributed by atoms with E-state index in [4.69, 9.17) is 11.4 Å². The van der Waals surface area contributed by atoms with Gasteiger partial charge < -0.3 is 0 Å². The first kappa shape index (κ1) is 5.79. The zero-order valence-corrected chi connectivity index (χ0v) is 3.66. The second kappa shape index (κ2) is 0.719. The van der Waals surface area contributed by atoms with E-state index in [2.05, 4.69) is 0 Å². The first-order valence-electron chi connectivity index (χ1n) is 0.809. The summed E-state index contributed by atoms with van der Waals surface area (Å²) in [5, 5.41) is 0. The SMILES string of the molecule is [O]=[Cr](=[O])(=[O])([F])[F]. The standard InChI is InChI=1S/Cr.2FH.3O/h;2*1H;;;/q+2;;;;;/p-2. The van der Waals surface area contributed by atoms with Gasteiger partial charge in [-0.3, -0.25) is 0 Å². The number of hydrogen-bond donors (Lipinski definition) is 0. The summed E-state index contributed by atoms with van der Waals surface area (Å²) in [4.78, 5) is 0. The topological polar surface area (TPSA) is 51.2 Å². The molecule has 38 valence electrons. The minimum atomic E-state index is -8.12. The van der Waals surface area contributed by atoms with Crippen molar-refractivity contribution in [2.24, 2.45) is 0 Å². The predicted molar refractivity (Wildman–Crippen MR) is 4.28 cm³/mol. The summed E-state index contributed by atoms with van der Waals surface area (Å²) in [6, 6.07) is 0. The van der Waals surface area contributed by atoms with Crippen LogP contribution in [-0.2, 0) is 24.1 Å². The molecule has 0 aromatic carbocycles. The minimum absolute atomic E-state index is 8.12. The first-order valence-corrected chi connectivity index (χ1v) is 3.33. The van der Waals surface area contributed by atoms with Crippen LogP contribution in [0.15, 0.2) is 0 Å². The monoisotopic (exact) mass is 138 g/mol. The maximum absolute atomic E-state index is 10.2. The van der Waals surface area contributed by atoms with Crippen LogP contribution in [0.4, 0.5) is 7.05 Å². The molecule has 0 atom stereocenters. The van der Waals surface area contributed by atoms with Crippen LogP contribution in [0.2, 0.25) is 0 Å². The molecule has 0 aliphatic heterocycles. The Labute approximate surface area is 32.1 Å². The fourth-order valence-electron chi connectivity index (χ4n) is 0. The van der Waals surface area contributed by atoms with Gasteiger partial charge in [-0.1, -0.05) is 0 Å². The number of hydrogen-bond acceptors (Lipinski definition) is 3. The average Bonchev–Trinajstić information content (AvgIpc) is 0.650. The van der Waals surface area contributed by atoms with E-state index in [1.165, 1.54) is 0 Å². The molecule has 6 heteroatoms. The van der Waals surface area contributed by atoms with E-state index in [0.717, 1.165) is 0 Å². The Morgan fingerprint density at radius 3 is 1.00 bits per heavy atom. The van der Waals surface area contributed by atoms with Crippen LogP contribution in [-0.4, -0.2) is 0 Å². The Morgan fingerprint density at radius 2 is 1.00 bits per heavy atom. The fraction of sp³-hybridized carbons (Fsp3) is 0. The van der Waals surface area contributed by atoms with Crippen molar-refractivity contribution in [1.82, 2.24) is 0 Å². The normalized spacial score (nSPS) is 14.5. The van der Waals surface area contributed by atoms with Crippen LogP contribution in [0.3, 0.4) is 0 Å². The molecule has 0 heterocycles. The zero-order chi connectivity index (χ0) is 5.45. The summed E-state index contributed by atoms with van der Waals surface area (Å²) in [6.07, 6.45) is 0. The van der Waals surface area contributed by atoms with Gasteiger partial charge >= 0.3 is 31.2 Å². The third-order valence-corrected chi connectivity index (χ3v) is 0. The fourth-order valence-corrected chi connectivity index (χ4v) is 0. The molecule has 0 aliphatic rings. The van der Waals surface area contributed by atoms with Crippen molar-refractivity contribution in [3.8, 4) is 0 Å². The summed E-state index contributed by atoms with van der Waals surface area (Å²) in [7, 11) is 0. The maximum atomic E-state index is 10.2. The zero-order valence-electron chi connectivity index (χ0n) is 2.39. The summed E-state index contributed by atoms with van der Waals surface area (Å²) in [5.74, 6) is 0. The Kier molecular flexibility index (Phi) is 0.694. The van der Waals surface area contributed by atoms with Crippen molar-refractivity contribution in [2.75, 3.05) is 0 Å². The molecule has 0 aromatic heterocycles. The first-order chi connectivity index (χ1) is 2.24.